The summed E-state index contributed by atoms with van der Waals surface area (Å²) in [6, 6.07) is 6.95. The van der Waals surface area contributed by atoms with Crippen molar-refractivity contribution in [2.75, 3.05) is 11.1 Å². The van der Waals surface area contributed by atoms with Gasteiger partial charge in [-0.3, -0.25) is 14.9 Å². The molecule has 4 rings (SSSR count). The third-order valence-electron chi connectivity index (χ3n) is 3.82. The van der Waals surface area contributed by atoms with E-state index in [0.29, 0.717) is 15.6 Å². The molecule has 0 bridgehead atoms. The summed E-state index contributed by atoms with van der Waals surface area (Å²) in [7, 11) is 0. The van der Waals surface area contributed by atoms with Gasteiger partial charge in [-0.25, -0.2) is 9.97 Å². The van der Waals surface area contributed by atoms with Crippen molar-refractivity contribution in [3.63, 3.8) is 0 Å². The molecule has 0 aliphatic carbocycles. The Hall–Kier alpha value is -3.31. The molecule has 0 unspecified atom stereocenters. The molecule has 0 aliphatic rings. The van der Waals surface area contributed by atoms with E-state index >= 15 is 0 Å². The van der Waals surface area contributed by atoms with Gasteiger partial charge in [-0.2, -0.15) is 0 Å². The number of rotatable bonds is 5. The van der Waals surface area contributed by atoms with Crippen LogP contribution in [0.4, 0.5) is 21.6 Å². The van der Waals surface area contributed by atoms with Gasteiger partial charge >= 0.3 is 5.00 Å². The molecule has 0 saturated carbocycles. The van der Waals surface area contributed by atoms with Crippen LogP contribution in [0.25, 0.3) is 11.0 Å². The van der Waals surface area contributed by atoms with Gasteiger partial charge < -0.3 is 16.0 Å². The van der Waals surface area contributed by atoms with Crippen LogP contribution in [0.5, 0.6) is 0 Å². The second kappa shape index (κ2) is 6.45. The van der Waals surface area contributed by atoms with Crippen LogP contribution in [0.15, 0.2) is 30.6 Å². The highest BCUT2D eigenvalue weighted by Crippen LogP contribution is 2.35. The van der Waals surface area contributed by atoms with Gasteiger partial charge in [0.1, 0.15) is 10.7 Å². The summed E-state index contributed by atoms with van der Waals surface area (Å²) in [5.74, 6) is -0.275. The van der Waals surface area contributed by atoms with Crippen molar-refractivity contribution in [3.05, 3.63) is 56.0 Å². The third-order valence-corrected chi connectivity index (χ3v) is 5.99. The summed E-state index contributed by atoms with van der Waals surface area (Å²) in [4.78, 5) is 35.1. The number of aromatic amines is 1. The van der Waals surface area contributed by atoms with Crippen LogP contribution in [0.3, 0.4) is 0 Å². The van der Waals surface area contributed by atoms with E-state index in [4.69, 9.17) is 5.73 Å². The molecule has 4 aromatic rings. The molecule has 3 aromatic heterocycles. The number of nitrogens with zero attached hydrogens (tertiary/aromatic N) is 3. The highest BCUT2D eigenvalue weighted by molar-refractivity contribution is 7.21. The molecule has 0 fully saturated rings. The number of carbonyl (C=O) groups is 1. The second-order valence-electron chi connectivity index (χ2n) is 5.68. The number of nitrogen functional groups attached to an aromatic ring is 1. The molecular weight excluding hydrogens is 388 g/mol. The number of nitrogens with two attached hydrogens (primary N) is 1. The number of imidazole rings is 1. The predicted molar refractivity (Wildman–Crippen MR) is 105 cm³/mol. The van der Waals surface area contributed by atoms with Gasteiger partial charge in [0.2, 0.25) is 5.78 Å². The highest BCUT2D eigenvalue weighted by atomic mass is 32.1. The zero-order valence-electron chi connectivity index (χ0n) is 13.8. The molecule has 1 aromatic carbocycles. The monoisotopic (exact) mass is 400 g/mol. The van der Waals surface area contributed by atoms with E-state index in [-0.39, 0.29) is 21.5 Å². The molecule has 0 aliphatic heterocycles. The zero-order valence-corrected chi connectivity index (χ0v) is 15.5. The lowest BCUT2D eigenvalue weighted by atomic mass is 10.2. The first-order valence-corrected chi connectivity index (χ1v) is 9.31. The molecule has 0 amide bonds. The average Bonchev–Trinajstić information content (AvgIpc) is 3.32. The highest BCUT2D eigenvalue weighted by Gasteiger charge is 2.24. The first-order chi connectivity index (χ1) is 12.9. The van der Waals surface area contributed by atoms with Gasteiger partial charge in [0.05, 0.1) is 27.2 Å². The van der Waals surface area contributed by atoms with Gasteiger partial charge in [-0.15, -0.1) is 0 Å². The van der Waals surface area contributed by atoms with Gasteiger partial charge in [0.15, 0.2) is 5.13 Å². The van der Waals surface area contributed by atoms with Crippen LogP contribution in [-0.4, -0.2) is 25.7 Å². The molecule has 3 heterocycles. The van der Waals surface area contributed by atoms with E-state index in [2.05, 4.69) is 20.3 Å². The van der Waals surface area contributed by atoms with Crippen molar-refractivity contribution in [1.82, 2.24) is 15.0 Å². The molecule has 136 valence electrons. The quantitative estimate of drug-likeness (QED) is 0.262. The molecule has 4 N–H and O–H groups in total. The molecule has 0 saturated heterocycles. The predicted octanol–water partition coefficient (Wildman–Crippen LogP) is 3.85. The minimum atomic E-state index is -0.511. The van der Waals surface area contributed by atoms with Crippen molar-refractivity contribution in [1.29, 1.82) is 0 Å². The van der Waals surface area contributed by atoms with E-state index in [9.17, 15) is 14.9 Å². The maximum absolute atomic E-state index is 12.8. The molecule has 0 atom stereocenters. The zero-order chi connectivity index (χ0) is 19.1. The van der Waals surface area contributed by atoms with Crippen molar-refractivity contribution in [2.45, 2.75) is 6.92 Å². The summed E-state index contributed by atoms with van der Waals surface area (Å²) in [6.07, 6.45) is 1.61. The number of fused-ring (bicyclic) bond motifs is 1. The number of thiazole rings is 1. The smallest absolute Gasteiger partial charge is 0.325 e. The average molecular weight is 400 g/mol. The lowest BCUT2D eigenvalue weighted by Gasteiger charge is -2.01. The topological polar surface area (TPSA) is 140 Å². The third kappa shape index (κ3) is 3.13. The molecular formula is C16H12N6O3S2. The number of H-pyrrole nitrogens is 1. The number of nitro groups is 1. The number of hydrogen-bond acceptors (Lipinski definition) is 9. The van der Waals surface area contributed by atoms with Crippen LogP contribution >= 0.6 is 22.7 Å². The molecule has 9 nitrogen and oxygen atoms in total. The Morgan fingerprint density at radius 3 is 2.85 bits per heavy atom. The summed E-state index contributed by atoms with van der Waals surface area (Å²) in [5, 5.41) is 14.4. The van der Waals surface area contributed by atoms with Crippen LogP contribution in [0.1, 0.15) is 20.1 Å². The van der Waals surface area contributed by atoms with Crippen LogP contribution in [0.2, 0.25) is 0 Å². The number of benzene rings is 1. The molecule has 0 spiro atoms. The van der Waals surface area contributed by atoms with Gasteiger partial charge in [-0.1, -0.05) is 22.7 Å². The Balaban J connectivity index is 1.62. The number of aromatic nitrogens is 3. The fraction of sp³-hybridized carbons (Fsp3) is 0.0625. The minimum Gasteiger partial charge on any atom is -0.382 e. The summed E-state index contributed by atoms with van der Waals surface area (Å²) in [5.41, 5.74) is 8.93. The Labute approximate surface area is 160 Å². The number of ketones is 1. The van der Waals surface area contributed by atoms with Gasteiger partial charge in [0, 0.05) is 11.8 Å². The SMILES string of the molecule is Cc1cc([N+](=O)[O-])sc1C(=O)c1sc(Nc2ccc3nc[nH]c3c2)nc1N. The van der Waals surface area contributed by atoms with Crippen molar-refractivity contribution in [2.24, 2.45) is 0 Å². The number of hydrogen-bond donors (Lipinski definition) is 3. The van der Waals surface area contributed by atoms with Crippen molar-refractivity contribution < 1.29 is 9.72 Å². The van der Waals surface area contributed by atoms with Crippen LogP contribution < -0.4 is 11.1 Å². The van der Waals surface area contributed by atoms with Crippen molar-refractivity contribution >= 4 is 61.1 Å². The fourth-order valence-electron chi connectivity index (χ4n) is 2.57. The second-order valence-corrected chi connectivity index (χ2v) is 7.71. The van der Waals surface area contributed by atoms with Crippen molar-refractivity contribution in [3.8, 4) is 0 Å². The summed E-state index contributed by atoms with van der Waals surface area (Å²) in [6.45, 7) is 1.66. The van der Waals surface area contributed by atoms with E-state index in [0.717, 1.165) is 39.4 Å². The Kier molecular flexibility index (Phi) is 4.09. The first-order valence-electron chi connectivity index (χ1n) is 7.68. The maximum Gasteiger partial charge on any atom is 0.325 e. The first kappa shape index (κ1) is 17.1. The number of thiophene rings is 1. The van der Waals surface area contributed by atoms with Gasteiger partial charge in [-0.05, 0) is 30.7 Å². The standard InChI is InChI=1S/C16H12N6O3S2/c1-7-4-11(22(24)25)26-13(7)12(23)14-15(17)21-16(27-14)20-8-2-3-9-10(5-8)19-6-18-9/h2-6H,17H2,1H3,(H,18,19)(H,20,21). The maximum atomic E-state index is 12.8. The van der Waals surface area contributed by atoms with E-state index in [1.54, 1.807) is 13.3 Å². The number of nitrogens with one attached hydrogen (secondary N) is 2. The van der Waals surface area contributed by atoms with E-state index in [1.165, 1.54) is 6.07 Å². The number of aryl methyl sites for hydroxylation is 1. The van der Waals surface area contributed by atoms with E-state index in [1.807, 2.05) is 18.2 Å². The summed E-state index contributed by atoms with van der Waals surface area (Å²) >= 11 is 1.94. The lowest BCUT2D eigenvalue weighted by Crippen LogP contribution is -2.01. The molecule has 11 heteroatoms. The Morgan fingerprint density at radius 2 is 2.11 bits per heavy atom. The Bertz CT molecular complexity index is 1190. The fourth-order valence-corrected chi connectivity index (χ4v) is 4.42. The normalized spacial score (nSPS) is 11.0. The van der Waals surface area contributed by atoms with E-state index < -0.39 is 4.92 Å². The Morgan fingerprint density at radius 1 is 1.30 bits per heavy atom. The van der Waals surface area contributed by atoms with Crippen LogP contribution in [-0.2, 0) is 0 Å². The van der Waals surface area contributed by atoms with Crippen LogP contribution in [0, 0.1) is 17.0 Å². The molecule has 0 radical (unpaired) electrons. The number of carbonyl (C=O) groups excluding carboxylic acids is 1. The number of anilines is 3. The largest absolute Gasteiger partial charge is 0.382 e. The minimum absolute atomic E-state index is 0.0786. The summed E-state index contributed by atoms with van der Waals surface area (Å²) < 4.78 is 0. The lowest BCUT2D eigenvalue weighted by molar-refractivity contribution is -0.380. The van der Waals surface area contributed by atoms with Gasteiger partial charge in [0.25, 0.3) is 0 Å². The molecule has 27 heavy (non-hydrogen) atoms.